The molecular weight excluding hydrogens is 533 g/mol. The van der Waals surface area contributed by atoms with E-state index in [0.717, 1.165) is 11.3 Å². The molecule has 9 heteroatoms. The van der Waals surface area contributed by atoms with Crippen LogP contribution >= 0.6 is 23.2 Å². The Morgan fingerprint density at radius 2 is 1.59 bits per heavy atom. The van der Waals surface area contributed by atoms with E-state index in [1.54, 1.807) is 18.2 Å². The summed E-state index contributed by atoms with van der Waals surface area (Å²) in [5.41, 5.74) is 3.05. The van der Waals surface area contributed by atoms with E-state index in [-0.39, 0.29) is 23.9 Å². The third kappa shape index (κ3) is 6.36. The van der Waals surface area contributed by atoms with Gasteiger partial charge in [0.25, 0.3) is 5.91 Å². The number of halogens is 2. The number of rotatable bonds is 6. The molecule has 3 aromatic carbocycles. The number of nitriles is 1. The molecule has 0 spiro atoms. The standard InChI is InChI=1S/C30H29Cl2N5O2/c31-24-14-23(15-25(32)16-24)29(38)34-26-17-28(37(20-26)19-21-6-2-1-3-7-21)30(39)36-12-10-35(11-13-36)27-9-5-4-8-22(27)18-33/h1-9,14-16,26,28H,10-13,17,19-20H2,(H,34,38). The highest BCUT2D eigenvalue weighted by Gasteiger charge is 2.40. The van der Waals surface area contributed by atoms with Crippen molar-refractivity contribution in [3.05, 3.63) is 99.5 Å². The smallest absolute Gasteiger partial charge is 0.251 e. The number of anilines is 1. The average Bonchev–Trinajstić information content (AvgIpc) is 3.34. The van der Waals surface area contributed by atoms with Gasteiger partial charge in [-0.25, -0.2) is 0 Å². The van der Waals surface area contributed by atoms with Crippen molar-refractivity contribution in [2.75, 3.05) is 37.6 Å². The van der Waals surface area contributed by atoms with E-state index < -0.39 is 0 Å². The minimum absolute atomic E-state index is 0.0710. The number of benzene rings is 3. The number of para-hydroxylation sites is 1. The fourth-order valence-electron chi connectivity index (χ4n) is 5.43. The van der Waals surface area contributed by atoms with Crippen molar-refractivity contribution < 1.29 is 9.59 Å². The molecule has 0 bridgehead atoms. The van der Waals surface area contributed by atoms with Gasteiger partial charge in [-0.3, -0.25) is 14.5 Å². The summed E-state index contributed by atoms with van der Waals surface area (Å²) in [6.07, 6.45) is 0.517. The molecule has 200 valence electrons. The maximum atomic E-state index is 13.8. The Labute approximate surface area is 238 Å². The second kappa shape index (κ2) is 12.1. The van der Waals surface area contributed by atoms with Crippen molar-refractivity contribution >= 4 is 40.7 Å². The molecule has 7 nitrogen and oxygen atoms in total. The predicted octanol–water partition coefficient (Wildman–Crippen LogP) is 4.59. The molecule has 2 aliphatic rings. The summed E-state index contributed by atoms with van der Waals surface area (Å²) in [5.74, 6) is -0.191. The number of amides is 2. The second-order valence-electron chi connectivity index (χ2n) is 9.94. The van der Waals surface area contributed by atoms with Crippen LogP contribution in [0.3, 0.4) is 0 Å². The molecule has 0 aliphatic carbocycles. The normalized spacial score (nSPS) is 19.5. The van der Waals surface area contributed by atoms with Gasteiger partial charge >= 0.3 is 0 Å². The second-order valence-corrected chi connectivity index (χ2v) is 10.8. The fourth-order valence-corrected chi connectivity index (χ4v) is 5.96. The molecule has 1 N–H and O–H groups in total. The van der Waals surface area contributed by atoms with Gasteiger partial charge in [0.2, 0.25) is 5.91 Å². The maximum absolute atomic E-state index is 13.8. The van der Waals surface area contributed by atoms with Crippen LogP contribution in [0.1, 0.15) is 27.9 Å². The van der Waals surface area contributed by atoms with Crippen LogP contribution in [0.25, 0.3) is 0 Å². The summed E-state index contributed by atoms with van der Waals surface area (Å²) >= 11 is 12.2. The quantitative estimate of drug-likeness (QED) is 0.476. The molecule has 2 heterocycles. The summed E-state index contributed by atoms with van der Waals surface area (Å²) in [4.78, 5) is 33.1. The van der Waals surface area contributed by atoms with Crippen molar-refractivity contribution in [1.82, 2.24) is 15.1 Å². The average molecular weight is 563 g/mol. The van der Waals surface area contributed by atoms with Gasteiger partial charge in [-0.15, -0.1) is 0 Å². The number of hydrogen-bond acceptors (Lipinski definition) is 5. The lowest BCUT2D eigenvalue weighted by Crippen LogP contribution is -2.53. The highest BCUT2D eigenvalue weighted by atomic mass is 35.5. The van der Waals surface area contributed by atoms with Gasteiger partial charge in [-0.05, 0) is 42.3 Å². The molecule has 0 radical (unpaired) electrons. The Morgan fingerprint density at radius 1 is 0.923 bits per heavy atom. The molecule has 3 aromatic rings. The molecule has 2 atom stereocenters. The Morgan fingerprint density at radius 3 is 2.28 bits per heavy atom. The molecule has 2 aliphatic heterocycles. The van der Waals surface area contributed by atoms with Crippen LogP contribution in [-0.4, -0.2) is 66.4 Å². The summed E-state index contributed by atoms with van der Waals surface area (Å²) in [5, 5.41) is 13.4. The minimum atomic E-state index is -0.351. The van der Waals surface area contributed by atoms with Gasteiger partial charge in [-0.1, -0.05) is 65.7 Å². The molecular formula is C30H29Cl2N5O2. The topological polar surface area (TPSA) is 79.7 Å². The van der Waals surface area contributed by atoms with Crippen LogP contribution < -0.4 is 10.2 Å². The van der Waals surface area contributed by atoms with Gasteiger partial charge in [0.15, 0.2) is 0 Å². The first-order valence-electron chi connectivity index (χ1n) is 13.0. The number of nitrogens with one attached hydrogen (secondary N) is 1. The number of carbonyl (C=O) groups excluding carboxylic acids is 2. The van der Waals surface area contributed by atoms with E-state index in [0.29, 0.717) is 66.9 Å². The Kier molecular flexibility index (Phi) is 8.37. The number of likely N-dealkylation sites (tertiary alicyclic amines) is 1. The molecule has 0 saturated carbocycles. The fraction of sp³-hybridized carbons (Fsp3) is 0.300. The van der Waals surface area contributed by atoms with Crippen LogP contribution in [0, 0.1) is 11.3 Å². The third-order valence-electron chi connectivity index (χ3n) is 7.33. The van der Waals surface area contributed by atoms with Crippen LogP contribution in [-0.2, 0) is 11.3 Å². The zero-order valence-electron chi connectivity index (χ0n) is 21.4. The van der Waals surface area contributed by atoms with Gasteiger partial charge in [-0.2, -0.15) is 5.26 Å². The summed E-state index contributed by atoms with van der Waals surface area (Å²) in [6.45, 7) is 3.64. The Bertz CT molecular complexity index is 1370. The van der Waals surface area contributed by atoms with Crippen LogP contribution in [0.4, 0.5) is 5.69 Å². The van der Waals surface area contributed by atoms with E-state index in [1.807, 2.05) is 59.5 Å². The van der Waals surface area contributed by atoms with Gasteiger partial charge in [0.05, 0.1) is 17.3 Å². The molecule has 2 unspecified atom stereocenters. The van der Waals surface area contributed by atoms with Crippen molar-refractivity contribution in [1.29, 1.82) is 5.26 Å². The lowest BCUT2D eigenvalue weighted by molar-refractivity contribution is -0.136. The van der Waals surface area contributed by atoms with Gasteiger partial charge < -0.3 is 15.1 Å². The number of carbonyl (C=O) groups is 2. The van der Waals surface area contributed by atoms with Crippen molar-refractivity contribution in [3.63, 3.8) is 0 Å². The van der Waals surface area contributed by atoms with Gasteiger partial charge in [0.1, 0.15) is 6.07 Å². The molecule has 0 aromatic heterocycles. The first-order valence-corrected chi connectivity index (χ1v) is 13.7. The molecule has 2 fully saturated rings. The lowest BCUT2D eigenvalue weighted by atomic mass is 10.1. The number of hydrogen-bond donors (Lipinski definition) is 1. The largest absolute Gasteiger partial charge is 0.367 e. The van der Waals surface area contributed by atoms with Crippen LogP contribution in [0.15, 0.2) is 72.8 Å². The van der Waals surface area contributed by atoms with Gasteiger partial charge in [0, 0.05) is 60.9 Å². The van der Waals surface area contributed by atoms with Crippen molar-refractivity contribution in [3.8, 4) is 6.07 Å². The SMILES string of the molecule is N#Cc1ccccc1N1CCN(C(=O)C2CC(NC(=O)c3cc(Cl)cc(Cl)c3)CN2Cc2ccccc2)CC1. The zero-order chi connectivity index (χ0) is 27.4. The summed E-state index contributed by atoms with van der Waals surface area (Å²) in [6, 6.07) is 24.1. The predicted molar refractivity (Wildman–Crippen MR) is 153 cm³/mol. The van der Waals surface area contributed by atoms with E-state index in [4.69, 9.17) is 23.2 Å². The zero-order valence-corrected chi connectivity index (χ0v) is 22.9. The maximum Gasteiger partial charge on any atom is 0.251 e. The van der Waals surface area contributed by atoms with Crippen LogP contribution in [0.2, 0.25) is 10.0 Å². The summed E-state index contributed by atoms with van der Waals surface area (Å²) < 4.78 is 0. The first kappa shape index (κ1) is 27.0. The molecule has 2 amide bonds. The van der Waals surface area contributed by atoms with E-state index in [2.05, 4.69) is 21.2 Å². The van der Waals surface area contributed by atoms with E-state index in [1.165, 1.54) is 0 Å². The number of piperazine rings is 1. The molecule has 5 rings (SSSR count). The Hall–Kier alpha value is -3.57. The van der Waals surface area contributed by atoms with Crippen molar-refractivity contribution in [2.45, 2.75) is 25.0 Å². The first-order chi connectivity index (χ1) is 18.9. The minimum Gasteiger partial charge on any atom is -0.367 e. The number of nitrogens with zero attached hydrogens (tertiary/aromatic N) is 4. The van der Waals surface area contributed by atoms with Crippen LogP contribution in [0.5, 0.6) is 0 Å². The van der Waals surface area contributed by atoms with Crippen molar-refractivity contribution in [2.24, 2.45) is 0 Å². The molecule has 39 heavy (non-hydrogen) atoms. The highest BCUT2D eigenvalue weighted by Crippen LogP contribution is 2.26. The monoisotopic (exact) mass is 561 g/mol. The van der Waals surface area contributed by atoms with E-state index in [9.17, 15) is 14.9 Å². The molecule has 2 saturated heterocycles. The Balaban J connectivity index is 1.28. The lowest BCUT2D eigenvalue weighted by Gasteiger charge is -2.38. The highest BCUT2D eigenvalue weighted by molar-refractivity contribution is 6.35. The third-order valence-corrected chi connectivity index (χ3v) is 7.77. The van der Waals surface area contributed by atoms with E-state index >= 15 is 0 Å². The summed E-state index contributed by atoms with van der Waals surface area (Å²) in [7, 11) is 0.